The average molecular weight is 413 g/mol. The maximum atomic E-state index is 6.28. The minimum Gasteiger partial charge on any atom is -0.232 e. The van der Waals surface area contributed by atoms with Gasteiger partial charge in [-0.15, -0.1) is 0 Å². The Balaban J connectivity index is 1.93. The van der Waals surface area contributed by atoms with Crippen molar-refractivity contribution in [3.63, 3.8) is 0 Å². The largest absolute Gasteiger partial charge is 0.232 e. The number of halogens is 2. The molecule has 0 atom stereocenters. The van der Waals surface area contributed by atoms with Gasteiger partial charge in [-0.2, -0.15) is 0 Å². The van der Waals surface area contributed by atoms with Crippen molar-refractivity contribution in [2.45, 2.75) is 39.0 Å². The lowest BCUT2D eigenvalue weighted by Crippen LogP contribution is -2.00. The van der Waals surface area contributed by atoms with E-state index in [1.54, 1.807) is 0 Å². The molecular formula is C17H18ClIN2. The molecule has 1 heterocycles. The predicted molar refractivity (Wildman–Crippen MR) is 95.7 cm³/mol. The second-order valence-corrected chi connectivity index (χ2v) is 7.54. The van der Waals surface area contributed by atoms with Crippen LogP contribution in [0, 0.1) is 9.49 Å². The molecule has 0 saturated heterocycles. The topological polar surface area (TPSA) is 25.8 Å². The first-order valence-electron chi connectivity index (χ1n) is 7.37. The Kier molecular flexibility index (Phi) is 4.50. The normalized spacial score (nSPS) is 14.7. The van der Waals surface area contributed by atoms with E-state index >= 15 is 0 Å². The first-order chi connectivity index (χ1) is 10.0. The van der Waals surface area contributed by atoms with E-state index < -0.39 is 0 Å². The van der Waals surface area contributed by atoms with Crippen LogP contribution in [-0.2, 0) is 6.42 Å². The van der Waals surface area contributed by atoms with Crippen LogP contribution in [0.3, 0.4) is 0 Å². The van der Waals surface area contributed by atoms with E-state index in [4.69, 9.17) is 16.6 Å². The molecule has 4 heteroatoms. The Hall–Kier alpha value is -0.680. The third-order valence-corrected chi connectivity index (χ3v) is 5.31. The number of nitrogens with zero attached hydrogens (tertiary/aromatic N) is 2. The zero-order valence-corrected chi connectivity index (χ0v) is 15.1. The fourth-order valence-electron chi connectivity index (χ4n) is 2.45. The Bertz CT molecular complexity index is 649. The monoisotopic (exact) mass is 412 g/mol. The second kappa shape index (κ2) is 6.21. The summed E-state index contributed by atoms with van der Waals surface area (Å²) in [5.74, 6) is 2.00. The van der Waals surface area contributed by atoms with Crippen LogP contribution in [0.4, 0.5) is 0 Å². The van der Waals surface area contributed by atoms with Gasteiger partial charge in [0.05, 0.1) is 9.26 Å². The molecule has 1 saturated carbocycles. The number of rotatable bonds is 4. The van der Waals surface area contributed by atoms with Crippen molar-refractivity contribution in [2.75, 3.05) is 0 Å². The molecule has 1 aliphatic carbocycles. The molecule has 0 amide bonds. The summed E-state index contributed by atoms with van der Waals surface area (Å²) in [4.78, 5) is 9.20. The lowest BCUT2D eigenvalue weighted by atomic mass is 10.0. The molecular weight excluding hydrogens is 395 g/mol. The number of benzene rings is 1. The highest BCUT2D eigenvalue weighted by atomic mass is 127. The molecule has 0 radical (unpaired) electrons. The van der Waals surface area contributed by atoms with Gasteiger partial charge in [-0.3, -0.25) is 0 Å². The van der Waals surface area contributed by atoms with Crippen molar-refractivity contribution in [1.29, 1.82) is 0 Å². The number of hydrogen-bond acceptors (Lipinski definition) is 2. The highest BCUT2D eigenvalue weighted by Crippen LogP contribution is 2.42. The molecule has 0 unspecified atom stereocenters. The van der Waals surface area contributed by atoms with Gasteiger partial charge in [0.25, 0.3) is 0 Å². The standard InChI is InChI=1S/C17H18ClIN2/c1-10(2)9-11-3-5-13(6-4-11)17-20-15(12-7-8-12)14(19)16(18)21-17/h3-6,10,12H,7-9H2,1-2H3. The fourth-order valence-corrected chi connectivity index (χ4v) is 3.31. The van der Waals surface area contributed by atoms with E-state index in [0.29, 0.717) is 17.0 Å². The lowest BCUT2D eigenvalue weighted by Gasteiger charge is -2.09. The Morgan fingerprint density at radius 3 is 2.43 bits per heavy atom. The summed E-state index contributed by atoms with van der Waals surface area (Å²) in [6.45, 7) is 4.47. The van der Waals surface area contributed by atoms with E-state index in [9.17, 15) is 0 Å². The van der Waals surface area contributed by atoms with Gasteiger partial charge in [-0.25, -0.2) is 9.97 Å². The molecule has 0 bridgehead atoms. The average Bonchev–Trinajstić information content (AvgIpc) is 3.26. The third kappa shape index (κ3) is 3.57. The van der Waals surface area contributed by atoms with Crippen LogP contribution in [0.5, 0.6) is 0 Å². The summed E-state index contributed by atoms with van der Waals surface area (Å²) >= 11 is 8.54. The first kappa shape index (κ1) is 15.2. The van der Waals surface area contributed by atoms with Crippen LogP contribution in [0.1, 0.15) is 43.9 Å². The van der Waals surface area contributed by atoms with Crippen molar-refractivity contribution in [1.82, 2.24) is 9.97 Å². The summed E-state index contributed by atoms with van der Waals surface area (Å²) < 4.78 is 1.01. The zero-order valence-electron chi connectivity index (χ0n) is 12.2. The summed E-state index contributed by atoms with van der Waals surface area (Å²) in [6.07, 6.45) is 3.54. The molecule has 1 aromatic carbocycles. The Labute approximate surface area is 144 Å². The molecule has 2 aromatic rings. The molecule has 1 fully saturated rings. The van der Waals surface area contributed by atoms with Crippen LogP contribution in [0.25, 0.3) is 11.4 Å². The van der Waals surface area contributed by atoms with Crippen molar-refractivity contribution >= 4 is 34.2 Å². The van der Waals surface area contributed by atoms with Gasteiger partial charge in [-0.05, 0) is 53.3 Å². The molecule has 21 heavy (non-hydrogen) atoms. The van der Waals surface area contributed by atoms with Crippen molar-refractivity contribution in [3.05, 3.63) is 44.2 Å². The van der Waals surface area contributed by atoms with Crippen LogP contribution >= 0.6 is 34.2 Å². The third-order valence-electron chi connectivity index (χ3n) is 3.66. The second-order valence-electron chi connectivity index (χ2n) is 6.11. The predicted octanol–water partition coefficient (Wildman–Crippen LogP) is 5.48. The van der Waals surface area contributed by atoms with E-state index in [1.165, 1.54) is 18.4 Å². The highest BCUT2D eigenvalue weighted by molar-refractivity contribution is 14.1. The molecule has 1 aliphatic rings. The summed E-state index contributed by atoms with van der Waals surface area (Å²) in [5, 5.41) is 0.578. The molecule has 2 nitrogen and oxygen atoms in total. The van der Waals surface area contributed by atoms with Gasteiger partial charge >= 0.3 is 0 Å². The smallest absolute Gasteiger partial charge is 0.161 e. The molecule has 0 spiro atoms. The van der Waals surface area contributed by atoms with E-state index in [2.05, 4.69) is 65.7 Å². The van der Waals surface area contributed by atoms with Gasteiger partial charge < -0.3 is 0 Å². The molecule has 0 N–H and O–H groups in total. The van der Waals surface area contributed by atoms with Gasteiger partial charge in [0, 0.05) is 11.5 Å². The quantitative estimate of drug-likeness (QED) is 0.491. The molecule has 110 valence electrons. The molecule has 0 aliphatic heterocycles. The minimum atomic E-state index is 0.578. The molecule has 3 rings (SSSR count). The number of aromatic nitrogens is 2. The van der Waals surface area contributed by atoms with Gasteiger partial charge in [0.15, 0.2) is 5.82 Å². The maximum Gasteiger partial charge on any atom is 0.161 e. The van der Waals surface area contributed by atoms with Gasteiger partial charge in [0.2, 0.25) is 0 Å². The zero-order chi connectivity index (χ0) is 15.0. The van der Waals surface area contributed by atoms with Crippen molar-refractivity contribution in [3.8, 4) is 11.4 Å². The van der Waals surface area contributed by atoms with Crippen molar-refractivity contribution in [2.24, 2.45) is 5.92 Å². The van der Waals surface area contributed by atoms with E-state index in [1.807, 2.05) is 0 Å². The fraction of sp³-hybridized carbons (Fsp3) is 0.412. The van der Waals surface area contributed by atoms with Crippen LogP contribution < -0.4 is 0 Å². The summed E-state index contributed by atoms with van der Waals surface area (Å²) in [6, 6.07) is 8.54. The maximum absolute atomic E-state index is 6.28. The Morgan fingerprint density at radius 1 is 1.19 bits per heavy atom. The van der Waals surface area contributed by atoms with Crippen molar-refractivity contribution < 1.29 is 0 Å². The Morgan fingerprint density at radius 2 is 1.86 bits per heavy atom. The minimum absolute atomic E-state index is 0.578. The van der Waals surface area contributed by atoms with Gasteiger partial charge in [-0.1, -0.05) is 49.7 Å². The SMILES string of the molecule is CC(C)Cc1ccc(-c2nc(Cl)c(I)c(C3CC3)n2)cc1. The van der Waals surface area contributed by atoms with E-state index in [0.717, 1.165) is 27.1 Å². The highest BCUT2D eigenvalue weighted by Gasteiger charge is 2.29. The van der Waals surface area contributed by atoms with E-state index in [-0.39, 0.29) is 0 Å². The summed E-state index contributed by atoms with van der Waals surface area (Å²) in [5.41, 5.74) is 3.52. The number of hydrogen-bond donors (Lipinski definition) is 0. The van der Waals surface area contributed by atoms with Crippen LogP contribution in [0.15, 0.2) is 24.3 Å². The lowest BCUT2D eigenvalue weighted by molar-refractivity contribution is 0.647. The summed E-state index contributed by atoms with van der Waals surface area (Å²) in [7, 11) is 0. The van der Waals surface area contributed by atoms with Crippen LogP contribution in [-0.4, -0.2) is 9.97 Å². The van der Waals surface area contributed by atoms with Crippen LogP contribution in [0.2, 0.25) is 5.15 Å². The van der Waals surface area contributed by atoms with Gasteiger partial charge in [0.1, 0.15) is 5.15 Å². The molecule has 1 aromatic heterocycles. The first-order valence-corrected chi connectivity index (χ1v) is 8.82.